The maximum atomic E-state index is 12.2. The topological polar surface area (TPSA) is 103 Å². The summed E-state index contributed by atoms with van der Waals surface area (Å²) in [4.78, 5) is 16.4. The van der Waals surface area contributed by atoms with Crippen LogP contribution in [0.4, 0.5) is 0 Å². The van der Waals surface area contributed by atoms with Gasteiger partial charge in [0.15, 0.2) is 0 Å². The third kappa shape index (κ3) is 23.2. The summed E-state index contributed by atoms with van der Waals surface area (Å²) in [5, 5.41) is 3.18. The number of hydrogen-bond acceptors (Lipinski definition) is 6. The van der Waals surface area contributed by atoms with Crippen molar-refractivity contribution in [2.24, 2.45) is 0 Å². The molecule has 0 aromatic carbocycles. The Kier molecular flexibility index (Phi) is 24.8. The number of unbranched alkanes of at least 4 members (excludes halogenated alkanes) is 15. The van der Waals surface area contributed by atoms with Gasteiger partial charge in [-0.15, -0.1) is 0 Å². The third-order valence-electron chi connectivity index (χ3n) is 7.57. The maximum Gasteiger partial charge on any atom is 0.220 e. The molecular weight excluding hydrogens is 502 g/mol. The minimum Gasteiger partial charge on any atom is -0.726 e. The highest BCUT2D eigenvalue weighted by molar-refractivity contribution is 7.80. The fourth-order valence-corrected chi connectivity index (χ4v) is 5.15. The van der Waals surface area contributed by atoms with Gasteiger partial charge in [-0.05, 0) is 12.8 Å². The van der Waals surface area contributed by atoms with Crippen molar-refractivity contribution in [3.8, 4) is 0 Å². The molecular formula is C29H61N3O5S. The highest BCUT2D eigenvalue weighted by Crippen LogP contribution is 2.13. The van der Waals surface area contributed by atoms with E-state index >= 15 is 0 Å². The lowest BCUT2D eigenvalue weighted by Gasteiger charge is -2.25. The van der Waals surface area contributed by atoms with Crippen molar-refractivity contribution in [1.82, 2.24) is 10.2 Å². The predicted molar refractivity (Wildman–Crippen MR) is 156 cm³/mol. The highest BCUT2D eigenvalue weighted by Gasteiger charge is 2.32. The van der Waals surface area contributed by atoms with E-state index in [2.05, 4.69) is 35.3 Å². The van der Waals surface area contributed by atoms with Crippen molar-refractivity contribution < 1.29 is 26.8 Å². The van der Waals surface area contributed by atoms with Crippen molar-refractivity contribution in [2.45, 2.75) is 142 Å². The quantitative estimate of drug-likeness (QED) is 0.105. The first kappa shape index (κ1) is 37.3. The van der Waals surface area contributed by atoms with Gasteiger partial charge in [-0.3, -0.25) is 8.98 Å². The van der Waals surface area contributed by atoms with Crippen molar-refractivity contribution >= 4 is 16.3 Å². The van der Waals surface area contributed by atoms with E-state index in [4.69, 9.17) is 0 Å². The lowest BCUT2D eigenvalue weighted by molar-refractivity contribution is -0.898. The van der Waals surface area contributed by atoms with Crippen LogP contribution in [0.25, 0.3) is 0 Å². The van der Waals surface area contributed by atoms with Gasteiger partial charge in [-0.2, -0.15) is 0 Å². The summed E-state index contributed by atoms with van der Waals surface area (Å²) in [5.41, 5.74) is 0. The fraction of sp³-hybridized carbons (Fsp3) is 0.966. The molecule has 2 atom stereocenters. The number of hydrogen-bond donors (Lipinski definition) is 2. The number of likely N-dealkylation sites (N-methyl/N-ethyl adjacent to an activating group) is 1. The minimum atomic E-state index is -4.41. The highest BCUT2D eigenvalue weighted by atomic mass is 32.3. The zero-order valence-electron chi connectivity index (χ0n) is 25.2. The van der Waals surface area contributed by atoms with Gasteiger partial charge in [-0.25, -0.2) is 13.3 Å². The second kappa shape index (κ2) is 25.2. The Bertz CT molecular complexity index is 648. The zero-order chi connectivity index (χ0) is 28.5. The van der Waals surface area contributed by atoms with Gasteiger partial charge in [0.1, 0.15) is 6.17 Å². The van der Waals surface area contributed by atoms with E-state index < -0.39 is 10.4 Å². The van der Waals surface area contributed by atoms with Crippen LogP contribution >= 0.6 is 0 Å². The van der Waals surface area contributed by atoms with E-state index in [0.717, 1.165) is 26.6 Å². The van der Waals surface area contributed by atoms with E-state index in [1.807, 2.05) is 0 Å². The number of carbonyl (C=O) groups excluding carboxylic acids is 1. The molecule has 38 heavy (non-hydrogen) atoms. The third-order valence-corrected chi connectivity index (χ3v) is 7.98. The average molecular weight is 564 g/mol. The molecule has 0 radical (unpaired) electrons. The molecule has 228 valence electrons. The molecule has 1 fully saturated rings. The Morgan fingerprint density at radius 2 is 1.32 bits per heavy atom. The van der Waals surface area contributed by atoms with E-state index in [9.17, 15) is 17.8 Å². The summed E-state index contributed by atoms with van der Waals surface area (Å²) in [6.07, 6.45) is 25.6. The van der Waals surface area contributed by atoms with Crippen LogP contribution in [0.2, 0.25) is 0 Å². The van der Waals surface area contributed by atoms with Crippen molar-refractivity contribution in [3.63, 3.8) is 0 Å². The molecule has 0 bridgehead atoms. The van der Waals surface area contributed by atoms with Crippen LogP contribution < -0.4 is 10.2 Å². The first-order valence-electron chi connectivity index (χ1n) is 15.6. The van der Waals surface area contributed by atoms with Crippen LogP contribution in [0.5, 0.6) is 0 Å². The molecule has 1 aliphatic heterocycles. The van der Waals surface area contributed by atoms with Crippen LogP contribution in [0.1, 0.15) is 136 Å². The van der Waals surface area contributed by atoms with Crippen LogP contribution in [-0.2, 0) is 19.4 Å². The fourth-order valence-electron chi connectivity index (χ4n) is 5.15. The minimum absolute atomic E-state index is 0.256. The van der Waals surface area contributed by atoms with E-state index in [1.54, 1.807) is 4.90 Å². The zero-order valence-corrected chi connectivity index (χ0v) is 26.1. The normalized spacial score (nSPS) is 17.8. The molecule has 1 amide bonds. The predicted octanol–water partition coefficient (Wildman–Crippen LogP) is 4.80. The number of nitrogens with one attached hydrogen (secondary N) is 2. The molecule has 2 N–H and O–H groups in total. The molecule has 0 aromatic rings. The Labute approximate surface area is 235 Å². The van der Waals surface area contributed by atoms with E-state index in [-0.39, 0.29) is 5.91 Å². The standard InChI is InChI=1S/C28H57N3O.CH4O4S/c1-4-6-8-10-12-14-16-18-20-22-28-30(3)25-26-31(28)24-23-29-27(32)21-19-17-15-13-11-9-7-5-2;1-5-6(2,3)4/h28H,4-26H2,1-3H3,(H,29,32);1H3,(H,2,3,4). The van der Waals surface area contributed by atoms with Crippen molar-refractivity contribution in [2.75, 3.05) is 40.3 Å². The summed E-state index contributed by atoms with van der Waals surface area (Å²) in [6.45, 7) is 8.81. The average Bonchev–Trinajstić information content (AvgIpc) is 3.23. The Hall–Kier alpha value is -0.740. The molecule has 0 saturated carbocycles. The summed E-state index contributed by atoms with van der Waals surface area (Å²) < 4.78 is 31.0. The maximum absolute atomic E-state index is 12.2. The Morgan fingerprint density at radius 3 is 1.79 bits per heavy atom. The second-order valence-electron chi connectivity index (χ2n) is 10.9. The summed E-state index contributed by atoms with van der Waals surface area (Å²) in [7, 11) is -1.26. The molecule has 0 spiro atoms. The van der Waals surface area contributed by atoms with Crippen LogP contribution in [0, 0.1) is 0 Å². The summed E-state index contributed by atoms with van der Waals surface area (Å²) >= 11 is 0. The molecule has 1 aliphatic rings. The van der Waals surface area contributed by atoms with Gasteiger partial charge >= 0.3 is 0 Å². The molecule has 0 aromatic heterocycles. The van der Waals surface area contributed by atoms with Gasteiger partial charge in [0, 0.05) is 25.9 Å². The van der Waals surface area contributed by atoms with Gasteiger partial charge in [0.25, 0.3) is 0 Å². The SMILES string of the molecule is CCCCCCCCCCCC1N(CCNC(=O)CCCCCCCCCC)CC[NH+]1C.COS(=O)(=O)[O-]. The van der Waals surface area contributed by atoms with Gasteiger partial charge in [0.2, 0.25) is 16.3 Å². The van der Waals surface area contributed by atoms with Crippen LogP contribution in [0.3, 0.4) is 0 Å². The molecule has 1 rings (SSSR count). The molecule has 8 nitrogen and oxygen atoms in total. The van der Waals surface area contributed by atoms with E-state index in [1.165, 1.54) is 122 Å². The number of carbonyl (C=O) groups is 1. The van der Waals surface area contributed by atoms with Crippen LogP contribution in [-0.4, -0.2) is 70.3 Å². The van der Waals surface area contributed by atoms with Crippen molar-refractivity contribution in [3.05, 3.63) is 0 Å². The smallest absolute Gasteiger partial charge is 0.220 e. The van der Waals surface area contributed by atoms with Gasteiger partial charge < -0.3 is 14.8 Å². The van der Waals surface area contributed by atoms with Crippen molar-refractivity contribution in [1.29, 1.82) is 0 Å². The monoisotopic (exact) mass is 563 g/mol. The number of rotatable bonds is 23. The second-order valence-corrected chi connectivity index (χ2v) is 12.1. The first-order chi connectivity index (χ1) is 18.2. The molecule has 2 unspecified atom stereocenters. The number of nitrogens with zero attached hydrogens (tertiary/aromatic N) is 1. The largest absolute Gasteiger partial charge is 0.726 e. The molecule has 9 heteroatoms. The molecule has 1 saturated heterocycles. The molecule has 0 aliphatic carbocycles. The number of quaternary nitrogens is 1. The lowest BCUT2D eigenvalue weighted by atomic mass is 10.1. The lowest BCUT2D eigenvalue weighted by Crippen LogP contribution is -3.11. The number of amides is 1. The Morgan fingerprint density at radius 1 is 0.868 bits per heavy atom. The summed E-state index contributed by atoms with van der Waals surface area (Å²) in [5.74, 6) is 0.256. The van der Waals surface area contributed by atoms with E-state index in [0.29, 0.717) is 12.6 Å². The van der Waals surface area contributed by atoms with Crippen LogP contribution in [0.15, 0.2) is 0 Å². The molecule has 1 heterocycles. The van der Waals surface area contributed by atoms with Gasteiger partial charge in [0.05, 0.1) is 27.2 Å². The van der Waals surface area contributed by atoms with Gasteiger partial charge in [-0.1, -0.05) is 110 Å². The summed E-state index contributed by atoms with van der Waals surface area (Å²) in [6, 6.07) is 0. The first-order valence-corrected chi connectivity index (χ1v) is 16.9. The Balaban J connectivity index is 0.00000203.